The molecule has 1 aromatic carbocycles. The number of nitrogens with zero attached hydrogens (tertiary/aromatic N) is 6. The van der Waals surface area contributed by atoms with Crippen LogP contribution in [0.3, 0.4) is 0 Å². The van der Waals surface area contributed by atoms with E-state index < -0.39 is 0 Å². The number of pyridine rings is 1. The molecule has 3 heterocycles. The summed E-state index contributed by atoms with van der Waals surface area (Å²) in [4.78, 5) is 22.7. The van der Waals surface area contributed by atoms with E-state index in [0.717, 1.165) is 47.5 Å². The van der Waals surface area contributed by atoms with Crippen LogP contribution in [0.1, 0.15) is 65.2 Å². The summed E-state index contributed by atoms with van der Waals surface area (Å²) in [5, 5.41) is 23.4. The Labute approximate surface area is 230 Å². The number of aryl methyl sites for hydroxylation is 1. The second-order valence-electron chi connectivity index (χ2n) is 10.0. The normalized spacial score (nSPS) is 13.9. The summed E-state index contributed by atoms with van der Waals surface area (Å²) in [6.07, 6.45) is 5.02. The van der Waals surface area contributed by atoms with Gasteiger partial charge in [0.05, 0.1) is 37.2 Å². The minimum atomic E-state index is -0.287. The molecule has 0 saturated heterocycles. The van der Waals surface area contributed by atoms with Crippen LogP contribution in [-0.4, -0.2) is 75.5 Å². The molecule has 1 unspecified atom stereocenters. The standard InChI is InChI=1S/C30H38N6O3/c1-6-34(5)10-8-22-14-25(27-19-35(12-13-37)33-20(27)3)24-9-11-36(30(38)26(24)15-22)21(4)28-16-29(39-7-2)23(17-31)18-32-28/h14-16,18-19,21,37H,6-13H2,1-5H3. The number of amides is 1. The van der Waals surface area contributed by atoms with E-state index in [1.807, 2.05) is 31.9 Å². The van der Waals surface area contributed by atoms with E-state index in [2.05, 4.69) is 47.2 Å². The highest BCUT2D eigenvalue weighted by Crippen LogP contribution is 2.36. The summed E-state index contributed by atoms with van der Waals surface area (Å²) in [5.74, 6) is 0.460. The minimum Gasteiger partial charge on any atom is -0.492 e. The van der Waals surface area contributed by atoms with Gasteiger partial charge < -0.3 is 19.6 Å². The number of carbonyl (C=O) groups excluding carboxylic acids is 1. The Morgan fingerprint density at radius 2 is 2.00 bits per heavy atom. The quantitative estimate of drug-likeness (QED) is 0.402. The number of nitriles is 1. The Balaban J connectivity index is 1.74. The highest BCUT2D eigenvalue weighted by atomic mass is 16.5. The van der Waals surface area contributed by atoms with Gasteiger partial charge in [-0.15, -0.1) is 0 Å². The number of ether oxygens (including phenoxy) is 1. The Hall–Kier alpha value is -3.74. The Kier molecular flexibility index (Phi) is 9.00. The smallest absolute Gasteiger partial charge is 0.254 e. The van der Waals surface area contributed by atoms with Crippen molar-refractivity contribution >= 4 is 5.91 Å². The van der Waals surface area contributed by atoms with E-state index in [-0.39, 0.29) is 18.6 Å². The molecule has 0 fully saturated rings. The first-order chi connectivity index (χ1) is 18.8. The summed E-state index contributed by atoms with van der Waals surface area (Å²) >= 11 is 0. The number of hydrogen-bond donors (Lipinski definition) is 1. The molecular weight excluding hydrogens is 492 g/mol. The van der Waals surface area contributed by atoms with Crippen LogP contribution in [0.4, 0.5) is 0 Å². The lowest BCUT2D eigenvalue weighted by Crippen LogP contribution is -2.40. The van der Waals surface area contributed by atoms with E-state index in [4.69, 9.17) is 4.74 Å². The van der Waals surface area contributed by atoms with E-state index in [9.17, 15) is 15.2 Å². The molecule has 9 nitrogen and oxygen atoms in total. The highest BCUT2D eigenvalue weighted by molar-refractivity contribution is 5.99. The first kappa shape index (κ1) is 28.3. The lowest BCUT2D eigenvalue weighted by atomic mass is 9.87. The average molecular weight is 531 g/mol. The van der Waals surface area contributed by atoms with Crippen molar-refractivity contribution in [3.8, 4) is 22.9 Å². The van der Waals surface area contributed by atoms with Crippen LogP contribution in [0.15, 0.2) is 30.6 Å². The summed E-state index contributed by atoms with van der Waals surface area (Å²) in [6.45, 7) is 11.2. The van der Waals surface area contributed by atoms with Crippen molar-refractivity contribution in [1.29, 1.82) is 5.26 Å². The first-order valence-corrected chi connectivity index (χ1v) is 13.6. The molecule has 1 N–H and O–H groups in total. The number of aliphatic hydroxyl groups excluding tert-OH is 1. The van der Waals surface area contributed by atoms with E-state index in [1.54, 1.807) is 10.7 Å². The number of hydrogen-bond acceptors (Lipinski definition) is 7. The van der Waals surface area contributed by atoms with Crippen molar-refractivity contribution in [3.63, 3.8) is 0 Å². The lowest BCUT2D eigenvalue weighted by Gasteiger charge is -2.34. The SMILES string of the molecule is CCOc1cc(C(C)N2CCc3c(cc(CCN(C)CC)cc3-c3cn(CCO)nc3C)C2=O)ncc1C#N. The van der Waals surface area contributed by atoms with Crippen LogP contribution in [0.2, 0.25) is 0 Å². The largest absolute Gasteiger partial charge is 0.492 e. The van der Waals surface area contributed by atoms with Crippen molar-refractivity contribution < 1.29 is 14.6 Å². The van der Waals surface area contributed by atoms with Gasteiger partial charge in [-0.1, -0.05) is 13.0 Å². The fraction of sp³-hybridized carbons (Fsp3) is 0.467. The first-order valence-electron chi connectivity index (χ1n) is 13.6. The summed E-state index contributed by atoms with van der Waals surface area (Å²) in [7, 11) is 2.10. The molecule has 1 amide bonds. The monoisotopic (exact) mass is 530 g/mol. The van der Waals surface area contributed by atoms with Gasteiger partial charge in [-0.3, -0.25) is 14.5 Å². The van der Waals surface area contributed by atoms with Crippen LogP contribution in [-0.2, 0) is 19.4 Å². The third-order valence-corrected chi connectivity index (χ3v) is 7.49. The lowest BCUT2D eigenvalue weighted by molar-refractivity contribution is 0.0669. The molecule has 1 atom stereocenters. The number of likely N-dealkylation sites (N-methyl/N-ethyl adjacent to an activating group) is 1. The van der Waals surface area contributed by atoms with Gasteiger partial charge in [0.2, 0.25) is 0 Å². The zero-order chi connectivity index (χ0) is 28.1. The molecule has 0 bridgehead atoms. The van der Waals surface area contributed by atoms with E-state index >= 15 is 0 Å². The fourth-order valence-electron chi connectivity index (χ4n) is 5.11. The summed E-state index contributed by atoms with van der Waals surface area (Å²) in [6, 6.07) is 7.87. The molecule has 0 spiro atoms. The van der Waals surface area contributed by atoms with Gasteiger partial charge in [0, 0.05) is 42.7 Å². The van der Waals surface area contributed by atoms with Gasteiger partial charge in [-0.25, -0.2) is 0 Å². The average Bonchev–Trinajstić information content (AvgIpc) is 3.31. The second-order valence-corrected chi connectivity index (χ2v) is 10.0. The van der Waals surface area contributed by atoms with Crippen LogP contribution in [0.25, 0.3) is 11.1 Å². The maximum Gasteiger partial charge on any atom is 0.254 e. The van der Waals surface area contributed by atoms with Crippen molar-refractivity contribution in [2.24, 2.45) is 0 Å². The Morgan fingerprint density at radius 3 is 2.69 bits per heavy atom. The molecular formula is C30H38N6O3. The van der Waals surface area contributed by atoms with Crippen molar-refractivity contribution in [3.05, 3.63) is 64.2 Å². The number of aliphatic hydroxyl groups is 1. The maximum absolute atomic E-state index is 14.0. The Morgan fingerprint density at radius 1 is 1.23 bits per heavy atom. The fourth-order valence-corrected chi connectivity index (χ4v) is 5.11. The van der Waals surface area contributed by atoms with E-state index in [1.165, 1.54) is 6.20 Å². The molecule has 2 aromatic heterocycles. The minimum absolute atomic E-state index is 0.0157. The zero-order valence-corrected chi connectivity index (χ0v) is 23.6. The summed E-state index contributed by atoms with van der Waals surface area (Å²) < 4.78 is 7.43. The molecule has 0 saturated carbocycles. The molecule has 4 rings (SSSR count). The number of rotatable bonds is 11. The van der Waals surface area contributed by atoms with Gasteiger partial charge in [-0.05, 0) is 70.0 Å². The van der Waals surface area contributed by atoms with Crippen LogP contribution < -0.4 is 4.74 Å². The third-order valence-electron chi connectivity index (χ3n) is 7.49. The zero-order valence-electron chi connectivity index (χ0n) is 23.6. The van der Waals surface area contributed by atoms with E-state index in [0.29, 0.717) is 48.7 Å². The number of benzene rings is 1. The number of fused-ring (bicyclic) bond motifs is 1. The topological polar surface area (TPSA) is 108 Å². The molecule has 206 valence electrons. The van der Waals surface area contributed by atoms with Crippen molar-refractivity contribution in [1.82, 2.24) is 24.6 Å². The van der Waals surface area contributed by atoms with Crippen LogP contribution in [0.5, 0.6) is 5.75 Å². The van der Waals surface area contributed by atoms with Crippen molar-refractivity contribution in [2.45, 2.75) is 53.1 Å². The highest BCUT2D eigenvalue weighted by Gasteiger charge is 2.32. The van der Waals surface area contributed by atoms with Crippen LogP contribution >= 0.6 is 0 Å². The van der Waals surface area contributed by atoms with Gasteiger partial charge in [0.25, 0.3) is 5.91 Å². The third kappa shape index (κ3) is 5.97. The summed E-state index contributed by atoms with van der Waals surface area (Å²) in [5.41, 5.74) is 6.84. The van der Waals surface area contributed by atoms with Gasteiger partial charge in [-0.2, -0.15) is 10.4 Å². The molecule has 39 heavy (non-hydrogen) atoms. The van der Waals surface area contributed by atoms with Crippen LogP contribution in [0, 0.1) is 18.3 Å². The van der Waals surface area contributed by atoms with Crippen molar-refractivity contribution in [2.75, 3.05) is 39.9 Å². The van der Waals surface area contributed by atoms with Gasteiger partial charge in [0.15, 0.2) is 0 Å². The molecule has 3 aromatic rings. The van der Waals surface area contributed by atoms with Gasteiger partial charge in [0.1, 0.15) is 17.4 Å². The molecule has 9 heteroatoms. The maximum atomic E-state index is 14.0. The molecule has 0 radical (unpaired) electrons. The van der Waals surface area contributed by atoms with Gasteiger partial charge >= 0.3 is 0 Å². The second kappa shape index (κ2) is 12.4. The Bertz CT molecular complexity index is 1380. The molecule has 1 aliphatic heterocycles. The molecule has 1 aliphatic rings. The predicted molar refractivity (Wildman–Crippen MR) is 150 cm³/mol. The predicted octanol–water partition coefficient (Wildman–Crippen LogP) is 3.77. The number of aromatic nitrogens is 3. The molecule has 0 aliphatic carbocycles. The number of carbonyl (C=O) groups is 1.